The summed E-state index contributed by atoms with van der Waals surface area (Å²) in [5, 5.41) is 0. The van der Waals surface area contributed by atoms with Crippen LogP contribution in [0, 0.1) is 5.41 Å². The minimum absolute atomic E-state index is 0.0573. The molecule has 1 heterocycles. The maximum atomic E-state index is 5.88. The highest BCUT2D eigenvalue weighted by molar-refractivity contribution is 7.80. The van der Waals surface area contributed by atoms with Crippen LogP contribution in [0.25, 0.3) is 0 Å². The molecule has 0 bridgehead atoms. The normalized spacial score (nSPS) is 22.2. The number of rotatable bonds is 0. The summed E-state index contributed by atoms with van der Waals surface area (Å²) in [6, 6.07) is 0. The first-order valence-electron chi connectivity index (χ1n) is 4.65. The molecule has 0 aromatic carbocycles. The summed E-state index contributed by atoms with van der Waals surface area (Å²) in [5.74, 6) is 1.01. The van der Waals surface area contributed by atoms with Crippen molar-refractivity contribution >= 4 is 17.1 Å². The third kappa shape index (κ3) is 2.80. The molecule has 0 radical (unpaired) electrons. The van der Waals surface area contributed by atoms with Gasteiger partial charge in [0.05, 0.1) is 0 Å². The lowest BCUT2D eigenvalue weighted by Crippen LogP contribution is -2.34. The molecule has 74 valence electrons. The van der Waals surface area contributed by atoms with Crippen LogP contribution in [0.3, 0.4) is 0 Å². The Bertz CT molecular complexity index is 256. The van der Waals surface area contributed by atoms with Crippen LogP contribution in [0.5, 0.6) is 0 Å². The largest absolute Gasteiger partial charge is 0.491 e. The Hall–Kier alpha value is -0.370. The second-order valence-electron chi connectivity index (χ2n) is 5.26. The molecule has 0 unspecified atom stereocenters. The van der Waals surface area contributed by atoms with Gasteiger partial charge in [-0.2, -0.15) is 0 Å². The van der Waals surface area contributed by atoms with Crippen LogP contribution in [-0.2, 0) is 4.74 Å². The van der Waals surface area contributed by atoms with Crippen LogP contribution in [0.2, 0.25) is 0 Å². The summed E-state index contributed by atoms with van der Waals surface area (Å²) in [6.07, 6.45) is 2.85. The van der Waals surface area contributed by atoms with Crippen LogP contribution in [-0.4, -0.2) is 10.5 Å². The Morgan fingerprint density at radius 2 is 1.92 bits per heavy atom. The van der Waals surface area contributed by atoms with E-state index >= 15 is 0 Å². The highest BCUT2D eigenvalue weighted by Crippen LogP contribution is 2.35. The van der Waals surface area contributed by atoms with Crippen LogP contribution in [0.1, 0.15) is 41.0 Å². The molecule has 2 heteroatoms. The summed E-state index contributed by atoms with van der Waals surface area (Å²) in [7, 11) is 0. The highest BCUT2D eigenvalue weighted by Gasteiger charge is 2.31. The van der Waals surface area contributed by atoms with Gasteiger partial charge in [0.2, 0.25) is 0 Å². The molecule has 1 aliphatic rings. The van der Waals surface area contributed by atoms with Gasteiger partial charge in [-0.1, -0.05) is 33.0 Å². The van der Waals surface area contributed by atoms with Crippen LogP contribution in [0.4, 0.5) is 0 Å². The fourth-order valence-corrected chi connectivity index (χ4v) is 1.80. The van der Waals surface area contributed by atoms with Crippen molar-refractivity contribution in [2.24, 2.45) is 5.41 Å². The highest BCUT2D eigenvalue weighted by atomic mass is 32.1. The SMILES string of the molecule is CC1(C)CC(=S)C=C(C(C)(C)C)O1. The maximum absolute atomic E-state index is 5.88. The van der Waals surface area contributed by atoms with Gasteiger partial charge in [-0.05, 0) is 19.9 Å². The molecule has 0 saturated carbocycles. The topological polar surface area (TPSA) is 9.23 Å². The minimum Gasteiger partial charge on any atom is -0.491 e. The molecule has 1 rings (SSSR count). The molecule has 0 aromatic heterocycles. The van der Waals surface area contributed by atoms with E-state index in [0.29, 0.717) is 0 Å². The molecule has 0 fully saturated rings. The first-order chi connectivity index (χ1) is 5.71. The fraction of sp³-hybridized carbons (Fsp3) is 0.727. The number of hydrogen-bond acceptors (Lipinski definition) is 2. The van der Waals surface area contributed by atoms with Gasteiger partial charge in [0, 0.05) is 16.7 Å². The lowest BCUT2D eigenvalue weighted by molar-refractivity contribution is 0.00816. The number of hydrogen-bond donors (Lipinski definition) is 0. The second kappa shape index (κ2) is 3.09. The van der Waals surface area contributed by atoms with Gasteiger partial charge in [0.1, 0.15) is 11.4 Å². The summed E-state index contributed by atoms with van der Waals surface area (Å²) in [5.41, 5.74) is -0.0732. The molecule has 0 N–H and O–H groups in total. The van der Waals surface area contributed by atoms with Gasteiger partial charge >= 0.3 is 0 Å². The standard InChI is InChI=1S/C11H18OS/c1-10(2,3)9-6-8(13)7-11(4,5)12-9/h6H,7H2,1-5H3. The van der Waals surface area contributed by atoms with E-state index in [-0.39, 0.29) is 11.0 Å². The van der Waals surface area contributed by atoms with E-state index in [1.807, 2.05) is 6.08 Å². The average molecular weight is 198 g/mol. The molecular formula is C11H18OS. The molecule has 0 amide bonds. The number of allylic oxidation sites excluding steroid dienone is 2. The van der Waals surface area contributed by atoms with Crippen molar-refractivity contribution in [1.29, 1.82) is 0 Å². The molecule has 0 atom stereocenters. The van der Waals surface area contributed by atoms with Crippen LogP contribution < -0.4 is 0 Å². The smallest absolute Gasteiger partial charge is 0.108 e. The Labute approximate surface area is 86.2 Å². The fourth-order valence-electron chi connectivity index (χ4n) is 1.35. The van der Waals surface area contributed by atoms with E-state index in [1.165, 1.54) is 0 Å². The molecular weight excluding hydrogens is 180 g/mol. The first-order valence-corrected chi connectivity index (χ1v) is 5.06. The third-order valence-corrected chi connectivity index (χ3v) is 2.28. The van der Waals surface area contributed by atoms with Gasteiger partial charge in [-0.3, -0.25) is 0 Å². The zero-order chi connectivity index (χ0) is 10.3. The van der Waals surface area contributed by atoms with Crippen molar-refractivity contribution in [3.05, 3.63) is 11.8 Å². The van der Waals surface area contributed by atoms with Crippen molar-refractivity contribution < 1.29 is 4.74 Å². The monoisotopic (exact) mass is 198 g/mol. The molecule has 0 aliphatic carbocycles. The van der Waals surface area contributed by atoms with Crippen LogP contribution in [0.15, 0.2) is 11.8 Å². The van der Waals surface area contributed by atoms with E-state index in [0.717, 1.165) is 17.0 Å². The van der Waals surface area contributed by atoms with Gasteiger partial charge in [-0.25, -0.2) is 0 Å². The summed E-state index contributed by atoms with van der Waals surface area (Å²) in [4.78, 5) is 1.00. The van der Waals surface area contributed by atoms with E-state index in [9.17, 15) is 0 Å². The Morgan fingerprint density at radius 1 is 1.38 bits per heavy atom. The minimum atomic E-state index is -0.131. The molecule has 0 saturated heterocycles. The average Bonchev–Trinajstić information content (AvgIpc) is 1.79. The summed E-state index contributed by atoms with van der Waals surface area (Å²) < 4.78 is 5.88. The van der Waals surface area contributed by atoms with Crippen molar-refractivity contribution in [1.82, 2.24) is 0 Å². The molecule has 1 nitrogen and oxygen atoms in total. The summed E-state index contributed by atoms with van der Waals surface area (Å²) >= 11 is 5.24. The number of thiocarbonyl (C=S) groups is 1. The lowest BCUT2D eigenvalue weighted by Gasteiger charge is -2.36. The van der Waals surface area contributed by atoms with Crippen LogP contribution >= 0.6 is 12.2 Å². The van der Waals surface area contributed by atoms with E-state index in [4.69, 9.17) is 17.0 Å². The number of ether oxygens (including phenoxy) is 1. The van der Waals surface area contributed by atoms with Gasteiger partial charge in [0.15, 0.2) is 0 Å². The lowest BCUT2D eigenvalue weighted by atomic mass is 9.88. The van der Waals surface area contributed by atoms with Crippen molar-refractivity contribution in [2.45, 2.75) is 46.6 Å². The van der Waals surface area contributed by atoms with Gasteiger partial charge in [0.25, 0.3) is 0 Å². The van der Waals surface area contributed by atoms with Gasteiger partial charge < -0.3 is 4.74 Å². The predicted molar refractivity (Wildman–Crippen MR) is 59.9 cm³/mol. The van der Waals surface area contributed by atoms with Crippen molar-refractivity contribution in [3.8, 4) is 0 Å². The Morgan fingerprint density at radius 3 is 2.31 bits per heavy atom. The Balaban J connectivity index is 2.94. The van der Waals surface area contributed by atoms with E-state index in [2.05, 4.69) is 34.6 Å². The summed E-state index contributed by atoms with van der Waals surface area (Å²) in [6.45, 7) is 10.6. The molecule has 0 aromatic rings. The second-order valence-corrected chi connectivity index (χ2v) is 5.79. The quantitative estimate of drug-likeness (QED) is 0.551. The van der Waals surface area contributed by atoms with E-state index in [1.54, 1.807) is 0 Å². The van der Waals surface area contributed by atoms with Gasteiger partial charge in [-0.15, -0.1) is 0 Å². The first kappa shape index (κ1) is 10.7. The molecule has 0 spiro atoms. The third-order valence-electron chi connectivity index (χ3n) is 2.02. The maximum Gasteiger partial charge on any atom is 0.108 e. The van der Waals surface area contributed by atoms with Crippen molar-refractivity contribution in [3.63, 3.8) is 0 Å². The predicted octanol–water partition coefficient (Wildman–Crippen LogP) is 3.49. The van der Waals surface area contributed by atoms with E-state index < -0.39 is 0 Å². The zero-order valence-corrected chi connectivity index (χ0v) is 9.92. The zero-order valence-electron chi connectivity index (χ0n) is 9.10. The molecule has 13 heavy (non-hydrogen) atoms. The van der Waals surface area contributed by atoms with Crippen molar-refractivity contribution in [2.75, 3.05) is 0 Å². The Kier molecular flexibility index (Phi) is 2.54. The molecule has 1 aliphatic heterocycles.